The zero-order valence-electron chi connectivity index (χ0n) is 14.7. The Hall–Kier alpha value is -3.05. The number of hydrogen-bond acceptors (Lipinski definition) is 5. The SMILES string of the molecule is COC(=O)c1cccnc1CN(Cc1ccccc1)Cc1ccccn1. The lowest BCUT2D eigenvalue weighted by Crippen LogP contribution is -2.25. The summed E-state index contributed by atoms with van der Waals surface area (Å²) in [6, 6.07) is 19.6. The summed E-state index contributed by atoms with van der Waals surface area (Å²) >= 11 is 0. The highest BCUT2D eigenvalue weighted by Crippen LogP contribution is 2.15. The van der Waals surface area contributed by atoms with Crippen LogP contribution in [0.25, 0.3) is 0 Å². The smallest absolute Gasteiger partial charge is 0.339 e. The van der Waals surface area contributed by atoms with Crippen LogP contribution in [0.4, 0.5) is 0 Å². The minimum Gasteiger partial charge on any atom is -0.465 e. The van der Waals surface area contributed by atoms with Crippen molar-refractivity contribution in [2.75, 3.05) is 7.11 Å². The number of hydrogen-bond donors (Lipinski definition) is 0. The molecule has 0 radical (unpaired) electrons. The van der Waals surface area contributed by atoms with E-state index in [1.165, 1.54) is 12.7 Å². The van der Waals surface area contributed by atoms with Gasteiger partial charge in [-0.3, -0.25) is 14.9 Å². The Bertz CT molecular complexity index is 797. The predicted octanol–water partition coefficient (Wildman–Crippen LogP) is 3.47. The molecule has 0 fully saturated rings. The van der Waals surface area contributed by atoms with Crippen molar-refractivity contribution in [1.82, 2.24) is 14.9 Å². The van der Waals surface area contributed by atoms with Crippen molar-refractivity contribution in [2.24, 2.45) is 0 Å². The minimum atomic E-state index is -0.370. The summed E-state index contributed by atoms with van der Waals surface area (Å²) in [6.45, 7) is 1.91. The van der Waals surface area contributed by atoms with Crippen molar-refractivity contribution in [3.05, 3.63) is 95.6 Å². The van der Waals surface area contributed by atoms with Crippen molar-refractivity contribution in [3.8, 4) is 0 Å². The second-order valence-corrected chi connectivity index (χ2v) is 5.94. The monoisotopic (exact) mass is 347 g/mol. The Kier molecular flexibility index (Phi) is 6.06. The normalized spacial score (nSPS) is 10.7. The predicted molar refractivity (Wildman–Crippen MR) is 99.2 cm³/mol. The van der Waals surface area contributed by atoms with Crippen molar-refractivity contribution in [2.45, 2.75) is 19.6 Å². The summed E-state index contributed by atoms with van der Waals surface area (Å²) < 4.78 is 4.89. The summed E-state index contributed by atoms with van der Waals surface area (Å²) in [4.78, 5) is 23.1. The lowest BCUT2D eigenvalue weighted by molar-refractivity contribution is 0.0597. The van der Waals surface area contributed by atoms with Crippen LogP contribution in [0.2, 0.25) is 0 Å². The zero-order valence-corrected chi connectivity index (χ0v) is 14.7. The molecule has 0 aliphatic rings. The highest BCUT2D eigenvalue weighted by atomic mass is 16.5. The van der Waals surface area contributed by atoms with Gasteiger partial charge in [-0.2, -0.15) is 0 Å². The molecule has 0 bridgehead atoms. The number of pyridine rings is 2. The van der Waals surface area contributed by atoms with Gasteiger partial charge in [0.25, 0.3) is 0 Å². The number of benzene rings is 1. The van der Waals surface area contributed by atoms with Crippen molar-refractivity contribution < 1.29 is 9.53 Å². The average molecular weight is 347 g/mol. The maximum Gasteiger partial charge on any atom is 0.339 e. The highest BCUT2D eigenvalue weighted by Gasteiger charge is 2.16. The van der Waals surface area contributed by atoms with Crippen LogP contribution in [0.5, 0.6) is 0 Å². The molecule has 0 unspecified atom stereocenters. The van der Waals surface area contributed by atoms with Crippen LogP contribution < -0.4 is 0 Å². The van der Waals surface area contributed by atoms with Gasteiger partial charge in [-0.1, -0.05) is 36.4 Å². The number of nitrogens with zero attached hydrogens (tertiary/aromatic N) is 3. The van der Waals surface area contributed by atoms with Crippen LogP contribution >= 0.6 is 0 Å². The van der Waals surface area contributed by atoms with Gasteiger partial charge in [-0.15, -0.1) is 0 Å². The average Bonchev–Trinajstić information content (AvgIpc) is 2.69. The van der Waals surface area contributed by atoms with Crippen molar-refractivity contribution in [3.63, 3.8) is 0 Å². The lowest BCUT2D eigenvalue weighted by atomic mass is 10.1. The maximum absolute atomic E-state index is 12.0. The summed E-state index contributed by atoms with van der Waals surface area (Å²) in [6.07, 6.45) is 3.49. The molecule has 0 spiro atoms. The third kappa shape index (κ3) is 4.74. The Balaban J connectivity index is 1.85. The molecule has 3 aromatic rings. The first-order chi connectivity index (χ1) is 12.8. The molecule has 0 saturated carbocycles. The zero-order chi connectivity index (χ0) is 18.2. The molecule has 3 rings (SSSR count). The van der Waals surface area contributed by atoms with E-state index in [1.54, 1.807) is 24.5 Å². The molecule has 0 atom stereocenters. The van der Waals surface area contributed by atoms with Crippen molar-refractivity contribution >= 4 is 5.97 Å². The molecule has 0 saturated heterocycles. The van der Waals surface area contributed by atoms with Gasteiger partial charge in [-0.25, -0.2) is 4.79 Å². The van der Waals surface area contributed by atoms with E-state index in [4.69, 9.17) is 4.74 Å². The highest BCUT2D eigenvalue weighted by molar-refractivity contribution is 5.90. The number of esters is 1. The first-order valence-electron chi connectivity index (χ1n) is 8.44. The quantitative estimate of drug-likeness (QED) is 0.613. The van der Waals surface area contributed by atoms with Gasteiger partial charge in [0, 0.05) is 32.0 Å². The molecule has 0 aliphatic heterocycles. The summed E-state index contributed by atoms with van der Waals surface area (Å²) in [5.74, 6) is -0.370. The molecule has 0 amide bonds. The summed E-state index contributed by atoms with van der Waals surface area (Å²) in [7, 11) is 1.38. The van der Waals surface area contributed by atoms with Crippen LogP contribution in [0.15, 0.2) is 73.1 Å². The lowest BCUT2D eigenvalue weighted by Gasteiger charge is -2.22. The Morgan fingerprint density at radius 1 is 0.885 bits per heavy atom. The molecule has 132 valence electrons. The van der Waals surface area contributed by atoms with E-state index in [0.29, 0.717) is 24.3 Å². The Labute approximate surface area is 153 Å². The molecule has 26 heavy (non-hydrogen) atoms. The van der Waals surface area contributed by atoms with E-state index in [-0.39, 0.29) is 5.97 Å². The van der Waals surface area contributed by atoms with Crippen LogP contribution in [-0.4, -0.2) is 27.9 Å². The number of carbonyl (C=O) groups is 1. The molecule has 2 aromatic heterocycles. The van der Waals surface area contributed by atoms with Crippen LogP contribution in [0.3, 0.4) is 0 Å². The fourth-order valence-electron chi connectivity index (χ4n) is 2.80. The van der Waals surface area contributed by atoms with E-state index in [1.807, 2.05) is 36.4 Å². The number of carbonyl (C=O) groups excluding carboxylic acids is 1. The van der Waals surface area contributed by atoms with Crippen LogP contribution in [0, 0.1) is 0 Å². The number of ether oxygens (including phenoxy) is 1. The fraction of sp³-hybridized carbons (Fsp3) is 0.190. The Morgan fingerprint density at radius 3 is 2.38 bits per heavy atom. The largest absolute Gasteiger partial charge is 0.465 e. The van der Waals surface area contributed by atoms with Gasteiger partial charge in [0.2, 0.25) is 0 Å². The van der Waals surface area contributed by atoms with Crippen molar-refractivity contribution in [1.29, 1.82) is 0 Å². The third-order valence-corrected chi connectivity index (χ3v) is 4.03. The molecule has 1 aromatic carbocycles. The van der Waals surface area contributed by atoms with Crippen LogP contribution in [0.1, 0.15) is 27.3 Å². The third-order valence-electron chi connectivity index (χ3n) is 4.03. The maximum atomic E-state index is 12.0. The van der Waals surface area contributed by atoms with E-state index in [2.05, 4.69) is 27.0 Å². The minimum absolute atomic E-state index is 0.370. The van der Waals surface area contributed by atoms with Gasteiger partial charge < -0.3 is 4.74 Å². The molecule has 2 heterocycles. The van der Waals surface area contributed by atoms with Gasteiger partial charge in [0.15, 0.2) is 0 Å². The second kappa shape index (κ2) is 8.87. The molecular weight excluding hydrogens is 326 g/mol. The molecular formula is C21H21N3O2. The number of rotatable bonds is 7. The van der Waals surface area contributed by atoms with E-state index < -0.39 is 0 Å². The van der Waals surface area contributed by atoms with Crippen LogP contribution in [-0.2, 0) is 24.4 Å². The first-order valence-corrected chi connectivity index (χ1v) is 8.44. The van der Waals surface area contributed by atoms with Gasteiger partial charge >= 0.3 is 5.97 Å². The molecule has 0 N–H and O–H groups in total. The second-order valence-electron chi connectivity index (χ2n) is 5.94. The number of methoxy groups -OCH3 is 1. The van der Waals surface area contributed by atoms with Gasteiger partial charge in [0.1, 0.15) is 0 Å². The fourth-order valence-corrected chi connectivity index (χ4v) is 2.80. The molecule has 5 nitrogen and oxygen atoms in total. The molecule has 5 heteroatoms. The summed E-state index contributed by atoms with van der Waals surface area (Å²) in [5, 5.41) is 0. The van der Waals surface area contributed by atoms with Gasteiger partial charge in [-0.05, 0) is 29.8 Å². The Morgan fingerprint density at radius 2 is 1.65 bits per heavy atom. The summed E-state index contributed by atoms with van der Waals surface area (Å²) in [5.41, 5.74) is 3.36. The van der Waals surface area contributed by atoms with E-state index in [0.717, 1.165) is 12.2 Å². The topological polar surface area (TPSA) is 55.3 Å². The number of aromatic nitrogens is 2. The van der Waals surface area contributed by atoms with E-state index in [9.17, 15) is 4.79 Å². The van der Waals surface area contributed by atoms with E-state index >= 15 is 0 Å². The van der Waals surface area contributed by atoms with Gasteiger partial charge in [0.05, 0.1) is 24.1 Å². The standard InChI is InChI=1S/C21H21N3O2/c1-26-21(25)19-11-7-13-23-20(19)16-24(14-17-8-3-2-4-9-17)15-18-10-5-6-12-22-18/h2-13H,14-16H2,1H3. The first kappa shape index (κ1) is 17.8. The molecule has 0 aliphatic carbocycles.